The Labute approximate surface area is 211 Å². The van der Waals surface area contributed by atoms with Gasteiger partial charge in [0.2, 0.25) is 17.7 Å². The van der Waals surface area contributed by atoms with Gasteiger partial charge in [0, 0.05) is 25.8 Å². The predicted molar refractivity (Wildman–Crippen MR) is 140 cm³/mol. The number of nitrogens with one attached hydrogen (secondary N) is 1. The first-order valence-corrected chi connectivity index (χ1v) is 13.5. The average molecular weight is 490 g/mol. The van der Waals surface area contributed by atoms with E-state index >= 15 is 0 Å². The Morgan fingerprint density at radius 3 is 1.89 bits per heavy atom. The molecule has 0 fully saturated rings. The van der Waals surface area contributed by atoms with E-state index in [4.69, 9.17) is 5.73 Å². The first-order valence-electron chi connectivity index (χ1n) is 13.5. The number of nitrogens with two attached hydrogens (primary N) is 1. The number of amides is 3. The molecule has 0 heterocycles. The number of carbonyl (C=O) groups excluding carboxylic acids is 3. The molecule has 0 aromatic heterocycles. The van der Waals surface area contributed by atoms with E-state index in [0.717, 1.165) is 24.8 Å². The zero-order valence-electron chi connectivity index (χ0n) is 21.8. The van der Waals surface area contributed by atoms with Crippen molar-refractivity contribution >= 4 is 17.7 Å². The Bertz CT molecular complexity index is 726. The van der Waals surface area contributed by atoms with E-state index in [9.17, 15) is 19.6 Å². The smallest absolute Gasteiger partial charge is 0.250 e. The minimum absolute atomic E-state index is 0.139. The molecular formula is C28H47N3O4. The molecule has 0 aliphatic carbocycles. The molecule has 7 nitrogen and oxygen atoms in total. The van der Waals surface area contributed by atoms with Crippen LogP contribution in [0.5, 0.6) is 0 Å². The number of carbonyl (C=O) groups is 3. The molecule has 0 bridgehead atoms. The van der Waals surface area contributed by atoms with Crippen molar-refractivity contribution in [1.29, 1.82) is 0 Å². The third-order valence-electron chi connectivity index (χ3n) is 6.54. The third kappa shape index (κ3) is 13.3. The van der Waals surface area contributed by atoms with E-state index in [0.29, 0.717) is 11.5 Å². The van der Waals surface area contributed by atoms with Crippen LogP contribution in [-0.4, -0.2) is 41.1 Å². The Morgan fingerprint density at radius 1 is 0.886 bits per heavy atom. The fourth-order valence-electron chi connectivity index (χ4n) is 4.42. The second-order valence-corrected chi connectivity index (χ2v) is 9.55. The minimum Gasteiger partial charge on any atom is -0.370 e. The fourth-order valence-corrected chi connectivity index (χ4v) is 4.42. The summed E-state index contributed by atoms with van der Waals surface area (Å²) in [5.74, 6) is -2.41. The maximum absolute atomic E-state index is 13.1. The Hall–Kier alpha value is -2.41. The van der Waals surface area contributed by atoms with Crippen LogP contribution in [0.1, 0.15) is 102 Å². The predicted octanol–water partition coefficient (Wildman–Crippen LogP) is 5.14. The van der Waals surface area contributed by atoms with Crippen molar-refractivity contribution in [3.63, 3.8) is 0 Å². The van der Waals surface area contributed by atoms with Crippen LogP contribution in [0.15, 0.2) is 30.3 Å². The molecule has 35 heavy (non-hydrogen) atoms. The quantitative estimate of drug-likeness (QED) is 0.134. The van der Waals surface area contributed by atoms with Crippen LogP contribution >= 0.6 is 0 Å². The van der Waals surface area contributed by atoms with Crippen molar-refractivity contribution in [2.24, 2.45) is 11.7 Å². The van der Waals surface area contributed by atoms with Gasteiger partial charge in [-0.15, -0.1) is 0 Å². The number of benzene rings is 1. The van der Waals surface area contributed by atoms with Gasteiger partial charge in [-0.1, -0.05) is 114 Å². The molecule has 0 radical (unpaired) electrons. The van der Waals surface area contributed by atoms with Crippen LogP contribution < -0.4 is 11.1 Å². The maximum atomic E-state index is 13.1. The van der Waals surface area contributed by atoms with Gasteiger partial charge in [0.25, 0.3) is 0 Å². The van der Waals surface area contributed by atoms with Gasteiger partial charge >= 0.3 is 0 Å². The summed E-state index contributed by atoms with van der Waals surface area (Å²) in [7, 11) is 1.46. The van der Waals surface area contributed by atoms with Crippen molar-refractivity contribution in [3.05, 3.63) is 35.9 Å². The highest BCUT2D eigenvalue weighted by Gasteiger charge is 2.33. The lowest BCUT2D eigenvalue weighted by molar-refractivity contribution is -0.184. The largest absolute Gasteiger partial charge is 0.370 e. The topological polar surface area (TPSA) is 113 Å². The lowest BCUT2D eigenvalue weighted by Gasteiger charge is -2.28. The second kappa shape index (κ2) is 18.9. The van der Waals surface area contributed by atoms with Crippen molar-refractivity contribution in [2.45, 2.75) is 109 Å². The van der Waals surface area contributed by atoms with E-state index in [2.05, 4.69) is 12.2 Å². The van der Waals surface area contributed by atoms with Crippen LogP contribution in [0.4, 0.5) is 0 Å². The summed E-state index contributed by atoms with van der Waals surface area (Å²) in [5, 5.41) is 13.7. The van der Waals surface area contributed by atoms with Gasteiger partial charge in [0.05, 0.1) is 0 Å². The number of likely N-dealkylation sites (N-methyl/N-ethyl adjacent to an activating group) is 1. The van der Waals surface area contributed by atoms with Gasteiger partial charge in [-0.2, -0.15) is 0 Å². The number of nitrogens with zero attached hydrogens (tertiary/aromatic N) is 1. The van der Waals surface area contributed by atoms with Crippen molar-refractivity contribution in [1.82, 2.24) is 10.4 Å². The fraction of sp³-hybridized carbons (Fsp3) is 0.679. The number of unbranched alkanes of at least 4 members (excludes halogenated alkanes) is 11. The van der Waals surface area contributed by atoms with Crippen LogP contribution in [0.2, 0.25) is 0 Å². The molecule has 0 aliphatic rings. The maximum Gasteiger partial charge on any atom is 0.250 e. The number of primary amides is 1. The molecule has 4 N–H and O–H groups in total. The van der Waals surface area contributed by atoms with Crippen LogP contribution in [0.25, 0.3) is 0 Å². The standard InChI is InChI=1S/C28H47N3O4/c1-3-4-5-6-7-8-9-10-11-12-13-17-20-24(22-26(29)32)28(34)31(35)25(27(33)30-2)21-23-18-15-14-16-19-23/h14-16,18-19,24-25,35H,3-13,17,20-22H2,1-2H3,(H2,29,32)(H,30,33)/t24?,25-/m0/s1. The zero-order chi connectivity index (χ0) is 25.9. The monoisotopic (exact) mass is 489 g/mol. The van der Waals surface area contributed by atoms with E-state index < -0.39 is 29.7 Å². The first-order chi connectivity index (χ1) is 16.9. The highest BCUT2D eigenvalue weighted by Crippen LogP contribution is 2.20. The summed E-state index contributed by atoms with van der Waals surface area (Å²) in [4.78, 5) is 37.1. The van der Waals surface area contributed by atoms with Gasteiger partial charge < -0.3 is 11.1 Å². The summed E-state index contributed by atoms with van der Waals surface area (Å²) in [6.07, 6.45) is 15.0. The third-order valence-corrected chi connectivity index (χ3v) is 6.54. The molecule has 1 aromatic rings. The Morgan fingerprint density at radius 2 is 1.40 bits per heavy atom. The second-order valence-electron chi connectivity index (χ2n) is 9.55. The van der Waals surface area contributed by atoms with E-state index in [1.165, 1.54) is 64.8 Å². The lowest BCUT2D eigenvalue weighted by atomic mass is 9.94. The summed E-state index contributed by atoms with van der Waals surface area (Å²) in [6.45, 7) is 2.24. The molecule has 3 amide bonds. The summed E-state index contributed by atoms with van der Waals surface area (Å²) < 4.78 is 0. The van der Waals surface area contributed by atoms with Gasteiger partial charge in [-0.05, 0) is 12.0 Å². The highest BCUT2D eigenvalue weighted by atomic mass is 16.5. The van der Waals surface area contributed by atoms with Gasteiger partial charge in [-0.25, -0.2) is 5.06 Å². The Kier molecular flexibility index (Phi) is 16.5. The highest BCUT2D eigenvalue weighted by molar-refractivity contribution is 5.89. The van der Waals surface area contributed by atoms with Gasteiger partial charge in [0.15, 0.2) is 0 Å². The molecule has 0 spiro atoms. The SMILES string of the molecule is CCCCCCCCCCCCCCC(CC(N)=O)C(=O)N(O)[C@@H](Cc1ccccc1)C(=O)NC. The van der Waals surface area contributed by atoms with Crippen LogP contribution in [-0.2, 0) is 20.8 Å². The zero-order valence-corrected chi connectivity index (χ0v) is 21.8. The normalized spacial score (nSPS) is 12.7. The van der Waals surface area contributed by atoms with E-state index in [-0.39, 0.29) is 12.8 Å². The van der Waals surface area contributed by atoms with Crippen molar-refractivity contribution < 1.29 is 19.6 Å². The molecule has 0 saturated heterocycles. The molecule has 7 heteroatoms. The summed E-state index contributed by atoms with van der Waals surface area (Å²) in [6, 6.07) is 8.13. The number of hydrogen-bond donors (Lipinski definition) is 3. The molecule has 2 atom stereocenters. The van der Waals surface area contributed by atoms with Crippen LogP contribution in [0, 0.1) is 5.92 Å². The summed E-state index contributed by atoms with van der Waals surface area (Å²) >= 11 is 0. The number of hydroxylamine groups is 2. The van der Waals surface area contributed by atoms with Gasteiger partial charge in [-0.3, -0.25) is 19.6 Å². The molecule has 1 aromatic carbocycles. The number of hydrogen-bond acceptors (Lipinski definition) is 4. The van der Waals surface area contributed by atoms with E-state index in [1.54, 1.807) is 0 Å². The average Bonchev–Trinajstić information content (AvgIpc) is 2.86. The minimum atomic E-state index is -1.08. The molecule has 0 aliphatic heterocycles. The molecule has 1 unspecified atom stereocenters. The first kappa shape index (κ1) is 30.6. The Balaban J connectivity index is 2.49. The van der Waals surface area contributed by atoms with E-state index in [1.807, 2.05) is 30.3 Å². The van der Waals surface area contributed by atoms with Crippen LogP contribution in [0.3, 0.4) is 0 Å². The number of rotatable bonds is 20. The van der Waals surface area contributed by atoms with Crippen molar-refractivity contribution in [2.75, 3.05) is 7.05 Å². The van der Waals surface area contributed by atoms with Gasteiger partial charge in [0.1, 0.15) is 6.04 Å². The summed E-state index contributed by atoms with van der Waals surface area (Å²) in [5.41, 5.74) is 6.20. The molecular weight excluding hydrogens is 442 g/mol. The molecule has 198 valence electrons. The molecule has 0 saturated carbocycles. The van der Waals surface area contributed by atoms with Crippen molar-refractivity contribution in [3.8, 4) is 0 Å². The lowest BCUT2D eigenvalue weighted by Crippen LogP contribution is -2.50. The molecule has 1 rings (SSSR count).